The predicted octanol–water partition coefficient (Wildman–Crippen LogP) is 4.25. The molecule has 4 nitrogen and oxygen atoms in total. The van der Waals surface area contributed by atoms with Gasteiger partial charge in [0.2, 0.25) is 0 Å². The number of ketones is 1. The Hall–Kier alpha value is -3.08. The monoisotopic (exact) mass is 391 g/mol. The molecule has 146 valence electrons. The van der Waals surface area contributed by atoms with Crippen molar-refractivity contribution in [2.45, 2.75) is 13.1 Å². The molecule has 0 radical (unpaired) electrons. The minimum absolute atomic E-state index is 0.225. The van der Waals surface area contributed by atoms with Gasteiger partial charge in [0.25, 0.3) is 0 Å². The highest BCUT2D eigenvalue weighted by molar-refractivity contribution is 5.94. The molecule has 0 aromatic heterocycles. The number of anilines is 2. The van der Waals surface area contributed by atoms with Crippen LogP contribution in [0.4, 0.5) is 28.9 Å². The van der Waals surface area contributed by atoms with Crippen LogP contribution in [0, 0.1) is 17.1 Å². The largest absolute Gasteiger partial charge is 0.417 e. The Balaban J connectivity index is 1.76. The standard InChI is InChI=1S/C20H17F4N3O/c1-13(28)14-3-5-19(18(21)10-14)27-8-6-26(7-9-27)16-4-2-15(12-25)17(11-16)20(22,23)24/h2-5,10-11H,6-9H2,1H3. The van der Waals surface area contributed by atoms with Gasteiger partial charge in [-0.3, -0.25) is 4.79 Å². The second-order valence-electron chi connectivity index (χ2n) is 6.54. The molecule has 0 atom stereocenters. The van der Waals surface area contributed by atoms with E-state index in [1.165, 1.54) is 25.1 Å². The summed E-state index contributed by atoms with van der Waals surface area (Å²) < 4.78 is 53.8. The van der Waals surface area contributed by atoms with Gasteiger partial charge in [0.1, 0.15) is 5.82 Å². The van der Waals surface area contributed by atoms with Crippen LogP contribution in [0.25, 0.3) is 0 Å². The van der Waals surface area contributed by atoms with E-state index in [1.807, 2.05) is 0 Å². The zero-order valence-electron chi connectivity index (χ0n) is 15.1. The molecule has 1 aliphatic rings. The Labute approximate surface area is 159 Å². The summed E-state index contributed by atoms with van der Waals surface area (Å²) in [5, 5.41) is 8.90. The summed E-state index contributed by atoms with van der Waals surface area (Å²) in [5.41, 5.74) is -0.348. The van der Waals surface area contributed by atoms with Crippen LogP contribution in [0.5, 0.6) is 0 Å². The molecule has 1 aliphatic heterocycles. The third kappa shape index (κ3) is 3.93. The topological polar surface area (TPSA) is 47.3 Å². The molecular weight excluding hydrogens is 374 g/mol. The molecule has 2 aromatic rings. The smallest absolute Gasteiger partial charge is 0.368 e. The summed E-state index contributed by atoms with van der Waals surface area (Å²) in [6.45, 7) is 2.99. The number of alkyl halides is 3. The first-order valence-corrected chi connectivity index (χ1v) is 8.62. The quantitative estimate of drug-likeness (QED) is 0.580. The normalized spacial score (nSPS) is 14.7. The van der Waals surface area contributed by atoms with E-state index in [1.54, 1.807) is 28.0 Å². The molecule has 0 unspecified atom stereocenters. The van der Waals surface area contributed by atoms with Crippen molar-refractivity contribution < 1.29 is 22.4 Å². The Morgan fingerprint density at radius 2 is 1.68 bits per heavy atom. The number of carbonyl (C=O) groups is 1. The van der Waals surface area contributed by atoms with Crippen molar-refractivity contribution >= 4 is 17.2 Å². The second-order valence-corrected chi connectivity index (χ2v) is 6.54. The van der Waals surface area contributed by atoms with Crippen molar-refractivity contribution in [3.05, 3.63) is 58.9 Å². The predicted molar refractivity (Wildman–Crippen MR) is 97.0 cm³/mol. The molecule has 0 spiro atoms. The van der Waals surface area contributed by atoms with Gasteiger partial charge in [0.15, 0.2) is 5.78 Å². The number of Topliss-reactive ketones (excluding diaryl/α,β-unsaturated/α-hetero) is 1. The number of benzene rings is 2. The SMILES string of the molecule is CC(=O)c1ccc(N2CCN(c3ccc(C#N)c(C(F)(F)F)c3)CC2)c(F)c1. The van der Waals surface area contributed by atoms with Crippen LogP contribution < -0.4 is 9.80 Å². The van der Waals surface area contributed by atoms with E-state index < -0.39 is 23.1 Å². The molecule has 0 saturated carbocycles. The van der Waals surface area contributed by atoms with E-state index in [0.29, 0.717) is 37.6 Å². The molecule has 0 aliphatic carbocycles. The van der Waals surface area contributed by atoms with Crippen molar-refractivity contribution in [2.75, 3.05) is 36.0 Å². The van der Waals surface area contributed by atoms with Crippen LogP contribution >= 0.6 is 0 Å². The van der Waals surface area contributed by atoms with E-state index >= 15 is 0 Å². The maximum absolute atomic E-state index is 14.3. The first kappa shape index (κ1) is 19.7. The fourth-order valence-electron chi connectivity index (χ4n) is 3.25. The molecule has 28 heavy (non-hydrogen) atoms. The van der Waals surface area contributed by atoms with Gasteiger partial charge in [0, 0.05) is 37.4 Å². The van der Waals surface area contributed by atoms with Crippen LogP contribution in [0.15, 0.2) is 36.4 Å². The average molecular weight is 391 g/mol. The van der Waals surface area contributed by atoms with Gasteiger partial charge in [-0.05, 0) is 43.3 Å². The summed E-state index contributed by atoms with van der Waals surface area (Å²) in [5.74, 6) is -0.726. The fraction of sp³-hybridized carbons (Fsp3) is 0.300. The van der Waals surface area contributed by atoms with Gasteiger partial charge in [-0.1, -0.05) is 0 Å². The zero-order valence-corrected chi connectivity index (χ0v) is 15.1. The maximum atomic E-state index is 14.3. The molecule has 1 heterocycles. The second kappa shape index (κ2) is 7.50. The van der Waals surface area contributed by atoms with Gasteiger partial charge < -0.3 is 9.80 Å². The number of rotatable bonds is 3. The molecule has 3 rings (SSSR count). The van der Waals surface area contributed by atoms with E-state index in [4.69, 9.17) is 5.26 Å². The highest BCUT2D eigenvalue weighted by atomic mass is 19.4. The van der Waals surface area contributed by atoms with Crippen molar-refractivity contribution in [3.8, 4) is 6.07 Å². The third-order valence-electron chi connectivity index (χ3n) is 4.77. The first-order chi connectivity index (χ1) is 13.2. The van der Waals surface area contributed by atoms with Crippen LogP contribution in [0.3, 0.4) is 0 Å². The van der Waals surface area contributed by atoms with Crippen LogP contribution in [0.1, 0.15) is 28.4 Å². The van der Waals surface area contributed by atoms with Gasteiger partial charge in [-0.2, -0.15) is 18.4 Å². The minimum Gasteiger partial charge on any atom is -0.368 e. The maximum Gasteiger partial charge on any atom is 0.417 e. The lowest BCUT2D eigenvalue weighted by Gasteiger charge is -2.37. The molecule has 0 amide bonds. The lowest BCUT2D eigenvalue weighted by atomic mass is 10.1. The fourth-order valence-corrected chi connectivity index (χ4v) is 3.25. The summed E-state index contributed by atoms with van der Waals surface area (Å²) in [6, 6.07) is 9.51. The number of hydrogen-bond donors (Lipinski definition) is 0. The molecule has 1 saturated heterocycles. The number of halogens is 4. The highest BCUT2D eigenvalue weighted by Crippen LogP contribution is 2.35. The van der Waals surface area contributed by atoms with Gasteiger partial charge in [0.05, 0.1) is 22.9 Å². The lowest BCUT2D eigenvalue weighted by molar-refractivity contribution is -0.137. The van der Waals surface area contributed by atoms with Crippen LogP contribution in [-0.4, -0.2) is 32.0 Å². The Morgan fingerprint density at radius 1 is 1.04 bits per heavy atom. The van der Waals surface area contributed by atoms with Crippen LogP contribution in [-0.2, 0) is 6.18 Å². The van der Waals surface area contributed by atoms with Crippen molar-refractivity contribution in [3.63, 3.8) is 0 Å². The molecule has 0 bridgehead atoms. The first-order valence-electron chi connectivity index (χ1n) is 8.62. The zero-order chi connectivity index (χ0) is 20.5. The van der Waals surface area contributed by atoms with E-state index in [2.05, 4.69) is 0 Å². The summed E-state index contributed by atoms with van der Waals surface area (Å²) in [7, 11) is 0. The highest BCUT2D eigenvalue weighted by Gasteiger charge is 2.34. The summed E-state index contributed by atoms with van der Waals surface area (Å²) >= 11 is 0. The van der Waals surface area contributed by atoms with Crippen LogP contribution in [0.2, 0.25) is 0 Å². The van der Waals surface area contributed by atoms with Crippen molar-refractivity contribution in [2.24, 2.45) is 0 Å². The Kier molecular flexibility index (Phi) is 5.27. The molecule has 8 heteroatoms. The molecule has 1 fully saturated rings. The average Bonchev–Trinajstić information content (AvgIpc) is 2.67. The van der Waals surface area contributed by atoms with Gasteiger partial charge in [-0.25, -0.2) is 4.39 Å². The van der Waals surface area contributed by atoms with E-state index in [0.717, 1.165) is 6.07 Å². The summed E-state index contributed by atoms with van der Waals surface area (Å²) in [4.78, 5) is 14.9. The van der Waals surface area contributed by atoms with E-state index in [-0.39, 0.29) is 11.3 Å². The lowest BCUT2D eigenvalue weighted by Crippen LogP contribution is -2.46. The Morgan fingerprint density at radius 3 is 2.21 bits per heavy atom. The number of nitrogens with zero attached hydrogens (tertiary/aromatic N) is 3. The molecular formula is C20H17F4N3O. The summed E-state index contributed by atoms with van der Waals surface area (Å²) in [6.07, 6.45) is -4.61. The van der Waals surface area contributed by atoms with E-state index in [9.17, 15) is 22.4 Å². The number of hydrogen-bond acceptors (Lipinski definition) is 4. The molecule has 2 aromatic carbocycles. The number of carbonyl (C=O) groups excluding carboxylic acids is 1. The van der Waals surface area contributed by atoms with Gasteiger partial charge >= 0.3 is 6.18 Å². The van der Waals surface area contributed by atoms with Gasteiger partial charge in [-0.15, -0.1) is 0 Å². The Bertz CT molecular complexity index is 941. The molecule has 0 N–H and O–H groups in total. The third-order valence-corrected chi connectivity index (χ3v) is 4.77. The minimum atomic E-state index is -4.61. The number of piperazine rings is 1. The number of nitriles is 1. The van der Waals surface area contributed by atoms with Crippen molar-refractivity contribution in [1.29, 1.82) is 5.26 Å². The van der Waals surface area contributed by atoms with Crippen molar-refractivity contribution in [1.82, 2.24) is 0 Å².